The third-order valence-electron chi connectivity index (χ3n) is 2.00. The van der Waals surface area contributed by atoms with Crippen LogP contribution in [0.4, 0.5) is 0 Å². The van der Waals surface area contributed by atoms with E-state index in [1.165, 1.54) is 0 Å². The molecule has 0 aromatic rings. The standard InChI is InChI=1S/C11H23NO4S/c1-4-16-11(13)9-17(14,15)7-5-6-12-8-10(2)3/h10,12H,4-9H2,1-3H3. The summed E-state index contributed by atoms with van der Waals surface area (Å²) in [4.78, 5) is 11.0. The van der Waals surface area contributed by atoms with Crippen molar-refractivity contribution in [2.24, 2.45) is 5.92 Å². The van der Waals surface area contributed by atoms with Gasteiger partial charge in [-0.1, -0.05) is 13.8 Å². The Balaban J connectivity index is 3.75. The predicted molar refractivity (Wildman–Crippen MR) is 67.6 cm³/mol. The number of rotatable bonds is 9. The molecule has 0 aliphatic rings. The van der Waals surface area contributed by atoms with Gasteiger partial charge in [-0.15, -0.1) is 0 Å². The average molecular weight is 265 g/mol. The van der Waals surface area contributed by atoms with Gasteiger partial charge in [-0.25, -0.2) is 8.42 Å². The molecule has 0 fully saturated rings. The lowest BCUT2D eigenvalue weighted by Crippen LogP contribution is -2.25. The maximum Gasteiger partial charge on any atom is 0.321 e. The Labute approximate surface area is 104 Å². The van der Waals surface area contributed by atoms with Crippen molar-refractivity contribution in [2.75, 3.05) is 31.2 Å². The monoisotopic (exact) mass is 265 g/mol. The van der Waals surface area contributed by atoms with Crippen LogP contribution in [0.2, 0.25) is 0 Å². The zero-order valence-corrected chi connectivity index (χ0v) is 11.7. The van der Waals surface area contributed by atoms with E-state index in [0.717, 1.165) is 6.54 Å². The third-order valence-corrected chi connectivity index (χ3v) is 3.59. The second-order valence-corrected chi connectivity index (χ2v) is 6.53. The van der Waals surface area contributed by atoms with Crippen LogP contribution in [0.5, 0.6) is 0 Å². The highest BCUT2D eigenvalue weighted by molar-refractivity contribution is 7.92. The van der Waals surface area contributed by atoms with Crippen molar-refractivity contribution in [3.8, 4) is 0 Å². The highest BCUT2D eigenvalue weighted by atomic mass is 32.2. The largest absolute Gasteiger partial charge is 0.465 e. The van der Waals surface area contributed by atoms with Crippen LogP contribution in [0.1, 0.15) is 27.2 Å². The fourth-order valence-electron chi connectivity index (χ4n) is 1.26. The van der Waals surface area contributed by atoms with E-state index in [0.29, 0.717) is 18.9 Å². The molecular formula is C11H23NO4S. The van der Waals surface area contributed by atoms with Gasteiger partial charge in [0.15, 0.2) is 9.84 Å². The zero-order valence-electron chi connectivity index (χ0n) is 10.9. The van der Waals surface area contributed by atoms with E-state index in [9.17, 15) is 13.2 Å². The molecule has 0 aliphatic heterocycles. The van der Waals surface area contributed by atoms with Crippen molar-refractivity contribution in [3.63, 3.8) is 0 Å². The van der Waals surface area contributed by atoms with Gasteiger partial charge < -0.3 is 10.1 Å². The Morgan fingerprint density at radius 3 is 2.53 bits per heavy atom. The number of hydrogen-bond donors (Lipinski definition) is 1. The summed E-state index contributed by atoms with van der Waals surface area (Å²) >= 11 is 0. The van der Waals surface area contributed by atoms with Gasteiger partial charge in [0, 0.05) is 0 Å². The van der Waals surface area contributed by atoms with Crippen molar-refractivity contribution in [3.05, 3.63) is 0 Å². The van der Waals surface area contributed by atoms with E-state index < -0.39 is 21.6 Å². The molecule has 0 saturated heterocycles. The predicted octanol–water partition coefficient (Wildman–Crippen LogP) is 0.600. The molecule has 0 aromatic carbocycles. The first-order chi connectivity index (χ1) is 7.87. The van der Waals surface area contributed by atoms with E-state index in [4.69, 9.17) is 0 Å². The summed E-state index contributed by atoms with van der Waals surface area (Å²) in [6.45, 7) is 7.57. The van der Waals surface area contributed by atoms with E-state index in [-0.39, 0.29) is 12.4 Å². The van der Waals surface area contributed by atoms with Crippen molar-refractivity contribution in [2.45, 2.75) is 27.2 Å². The number of carbonyl (C=O) groups excluding carboxylic acids is 1. The summed E-state index contributed by atoms with van der Waals surface area (Å²) in [6.07, 6.45) is 0.522. The van der Waals surface area contributed by atoms with Gasteiger partial charge in [0.2, 0.25) is 0 Å². The minimum Gasteiger partial charge on any atom is -0.465 e. The molecule has 0 heterocycles. The summed E-state index contributed by atoms with van der Waals surface area (Å²) in [5, 5.41) is 3.16. The molecule has 0 radical (unpaired) electrons. The average Bonchev–Trinajstić information content (AvgIpc) is 2.15. The number of carbonyl (C=O) groups is 1. The van der Waals surface area contributed by atoms with Crippen molar-refractivity contribution in [1.29, 1.82) is 0 Å². The molecule has 102 valence electrons. The molecule has 1 N–H and O–H groups in total. The minimum atomic E-state index is -3.32. The number of hydrogen-bond acceptors (Lipinski definition) is 5. The maximum atomic E-state index is 11.5. The Kier molecular flexibility index (Phi) is 8.16. The van der Waals surface area contributed by atoms with E-state index in [2.05, 4.69) is 23.9 Å². The van der Waals surface area contributed by atoms with Crippen LogP contribution in [0.15, 0.2) is 0 Å². The van der Waals surface area contributed by atoms with Crippen LogP contribution in [0.3, 0.4) is 0 Å². The molecular weight excluding hydrogens is 242 g/mol. The van der Waals surface area contributed by atoms with E-state index in [1.54, 1.807) is 6.92 Å². The Morgan fingerprint density at radius 1 is 1.35 bits per heavy atom. The van der Waals surface area contributed by atoms with Gasteiger partial charge in [-0.2, -0.15) is 0 Å². The smallest absolute Gasteiger partial charge is 0.321 e. The minimum absolute atomic E-state index is 0.0247. The lowest BCUT2D eigenvalue weighted by atomic mass is 10.2. The molecule has 0 spiro atoms. The summed E-state index contributed by atoms with van der Waals surface area (Å²) in [6, 6.07) is 0. The molecule has 6 heteroatoms. The van der Waals surface area contributed by atoms with Gasteiger partial charge in [-0.05, 0) is 32.4 Å². The first-order valence-electron chi connectivity index (χ1n) is 5.94. The second kappa shape index (κ2) is 8.47. The lowest BCUT2D eigenvalue weighted by Gasteiger charge is -2.07. The van der Waals surface area contributed by atoms with Crippen molar-refractivity contribution >= 4 is 15.8 Å². The van der Waals surface area contributed by atoms with Gasteiger partial charge in [-0.3, -0.25) is 4.79 Å². The topological polar surface area (TPSA) is 72.5 Å². The highest BCUT2D eigenvalue weighted by Gasteiger charge is 2.16. The SMILES string of the molecule is CCOC(=O)CS(=O)(=O)CCCNCC(C)C. The third kappa shape index (κ3) is 10.3. The molecule has 5 nitrogen and oxygen atoms in total. The number of sulfone groups is 1. The van der Waals surface area contributed by atoms with Crippen LogP contribution in [-0.4, -0.2) is 45.6 Å². The van der Waals surface area contributed by atoms with Crippen molar-refractivity contribution in [1.82, 2.24) is 5.32 Å². The van der Waals surface area contributed by atoms with Crippen LogP contribution in [0, 0.1) is 5.92 Å². The molecule has 0 saturated carbocycles. The number of nitrogens with one attached hydrogen (secondary N) is 1. The number of esters is 1. The lowest BCUT2D eigenvalue weighted by molar-refractivity contribution is -0.139. The van der Waals surface area contributed by atoms with E-state index in [1.807, 2.05) is 0 Å². The fraction of sp³-hybridized carbons (Fsp3) is 0.909. The summed E-state index contributed by atoms with van der Waals surface area (Å²) in [5.74, 6) is -0.601. The quantitative estimate of drug-likeness (QED) is 0.488. The van der Waals surface area contributed by atoms with Gasteiger partial charge in [0.1, 0.15) is 5.75 Å². The normalized spacial score (nSPS) is 11.8. The molecule has 0 amide bonds. The Hall–Kier alpha value is -0.620. The van der Waals surface area contributed by atoms with Crippen LogP contribution in [0.25, 0.3) is 0 Å². The first kappa shape index (κ1) is 16.4. The van der Waals surface area contributed by atoms with Crippen molar-refractivity contribution < 1.29 is 17.9 Å². The molecule has 17 heavy (non-hydrogen) atoms. The molecule has 0 unspecified atom stereocenters. The van der Waals surface area contributed by atoms with Gasteiger partial charge in [0.25, 0.3) is 0 Å². The van der Waals surface area contributed by atoms with E-state index >= 15 is 0 Å². The molecule has 0 atom stereocenters. The Morgan fingerprint density at radius 2 is 2.00 bits per heavy atom. The van der Waals surface area contributed by atoms with Crippen LogP contribution < -0.4 is 5.32 Å². The molecule has 0 bridgehead atoms. The molecule has 0 rings (SSSR count). The number of ether oxygens (including phenoxy) is 1. The molecule has 0 aliphatic carbocycles. The Bertz CT molecular complexity index is 311. The molecule has 0 aromatic heterocycles. The first-order valence-corrected chi connectivity index (χ1v) is 7.76. The van der Waals surface area contributed by atoms with Crippen LogP contribution >= 0.6 is 0 Å². The summed E-state index contributed by atoms with van der Waals surface area (Å²) in [7, 11) is -3.32. The summed E-state index contributed by atoms with van der Waals surface area (Å²) < 4.78 is 27.6. The fourth-order valence-corrected chi connectivity index (χ4v) is 2.43. The zero-order chi connectivity index (χ0) is 13.3. The maximum absolute atomic E-state index is 11.5. The van der Waals surface area contributed by atoms with Gasteiger partial charge >= 0.3 is 5.97 Å². The second-order valence-electron chi connectivity index (χ2n) is 4.35. The highest BCUT2D eigenvalue weighted by Crippen LogP contribution is 1.96. The summed E-state index contributed by atoms with van der Waals surface area (Å²) in [5.41, 5.74) is 0. The van der Waals surface area contributed by atoms with Gasteiger partial charge in [0.05, 0.1) is 12.4 Å². The van der Waals surface area contributed by atoms with Crippen LogP contribution in [-0.2, 0) is 19.4 Å².